The van der Waals surface area contributed by atoms with Crippen LogP contribution in [0.4, 0.5) is 5.69 Å². The van der Waals surface area contributed by atoms with Gasteiger partial charge in [-0.2, -0.15) is 0 Å². The lowest BCUT2D eigenvalue weighted by atomic mass is 9.99. The number of aliphatic imine (C=N–C) groups is 1. The highest BCUT2D eigenvalue weighted by Gasteiger charge is 2.19. The van der Waals surface area contributed by atoms with E-state index >= 15 is 0 Å². The second-order valence-corrected chi connectivity index (χ2v) is 7.77. The van der Waals surface area contributed by atoms with Gasteiger partial charge in [-0.3, -0.25) is 9.79 Å². The number of hydrogen-bond donors (Lipinski definition) is 2. The summed E-state index contributed by atoms with van der Waals surface area (Å²) in [6.45, 7) is 3.51. The van der Waals surface area contributed by atoms with Gasteiger partial charge in [0.25, 0.3) is 0 Å². The van der Waals surface area contributed by atoms with Gasteiger partial charge in [0, 0.05) is 51.3 Å². The minimum absolute atomic E-state index is 0. The third kappa shape index (κ3) is 6.27. The van der Waals surface area contributed by atoms with Crippen LogP contribution in [0.25, 0.3) is 0 Å². The first-order chi connectivity index (χ1) is 15.2. The van der Waals surface area contributed by atoms with Crippen LogP contribution < -0.4 is 20.1 Å². The average Bonchev–Trinajstić information content (AvgIpc) is 3.05. The van der Waals surface area contributed by atoms with Crippen molar-refractivity contribution in [2.24, 2.45) is 4.99 Å². The number of anilines is 1. The molecule has 2 aromatic rings. The van der Waals surface area contributed by atoms with Crippen LogP contribution in [0.15, 0.2) is 47.5 Å². The summed E-state index contributed by atoms with van der Waals surface area (Å²) < 4.78 is 11.4. The Kier molecular flexibility index (Phi) is 9.01. The second kappa shape index (κ2) is 11.9. The van der Waals surface area contributed by atoms with Gasteiger partial charge in [0.1, 0.15) is 0 Å². The Balaban J connectivity index is 0.00000289. The smallest absolute Gasteiger partial charge is 0.222 e. The van der Waals surface area contributed by atoms with Crippen LogP contribution >= 0.6 is 24.0 Å². The molecule has 0 spiro atoms. The number of carbonyl (C=O) groups excluding carboxylic acids is 1. The molecule has 4 rings (SSSR count). The fraction of sp³-hybridized carbons (Fsp3) is 0.417. The molecule has 2 aliphatic rings. The molecule has 0 radical (unpaired) electrons. The Labute approximate surface area is 206 Å². The third-order valence-electron chi connectivity index (χ3n) is 5.58. The number of nitrogens with zero attached hydrogens (tertiary/aromatic N) is 2. The zero-order chi connectivity index (χ0) is 21.5. The highest BCUT2D eigenvalue weighted by Crippen LogP contribution is 2.32. The SMILES string of the molecule is CN=C(NCCCC(=O)N1CCc2ccccc2C1)Nc1ccc2c(c1)OCCCO2.I. The van der Waals surface area contributed by atoms with Crippen LogP contribution in [-0.4, -0.2) is 50.1 Å². The number of nitrogens with one attached hydrogen (secondary N) is 2. The summed E-state index contributed by atoms with van der Waals surface area (Å²) in [6, 6.07) is 14.2. The first kappa shape index (κ1) is 24.2. The van der Waals surface area contributed by atoms with E-state index in [1.54, 1.807) is 7.05 Å². The van der Waals surface area contributed by atoms with Crippen molar-refractivity contribution >= 4 is 41.5 Å². The maximum Gasteiger partial charge on any atom is 0.222 e. The third-order valence-corrected chi connectivity index (χ3v) is 5.58. The average molecular weight is 550 g/mol. The molecule has 172 valence electrons. The van der Waals surface area contributed by atoms with E-state index < -0.39 is 0 Å². The maximum atomic E-state index is 12.6. The van der Waals surface area contributed by atoms with Crippen molar-refractivity contribution in [1.29, 1.82) is 0 Å². The molecular weight excluding hydrogens is 519 g/mol. The fourth-order valence-corrected chi connectivity index (χ4v) is 3.87. The number of ether oxygens (including phenoxy) is 2. The summed E-state index contributed by atoms with van der Waals surface area (Å²) in [5, 5.41) is 6.55. The van der Waals surface area contributed by atoms with Crippen LogP contribution in [0.1, 0.15) is 30.4 Å². The molecule has 2 heterocycles. The van der Waals surface area contributed by atoms with Gasteiger partial charge >= 0.3 is 0 Å². The van der Waals surface area contributed by atoms with Gasteiger partial charge in [-0.1, -0.05) is 24.3 Å². The Bertz CT molecular complexity index is 951. The van der Waals surface area contributed by atoms with Crippen molar-refractivity contribution < 1.29 is 14.3 Å². The number of guanidine groups is 1. The molecular formula is C24H31IN4O3. The van der Waals surface area contributed by atoms with E-state index in [4.69, 9.17) is 9.47 Å². The second-order valence-electron chi connectivity index (χ2n) is 7.77. The lowest BCUT2D eigenvalue weighted by Crippen LogP contribution is -2.36. The zero-order valence-electron chi connectivity index (χ0n) is 18.4. The van der Waals surface area contributed by atoms with E-state index in [1.165, 1.54) is 11.1 Å². The number of fused-ring (bicyclic) bond motifs is 2. The van der Waals surface area contributed by atoms with Crippen molar-refractivity contribution in [2.75, 3.05) is 38.7 Å². The molecule has 0 aliphatic carbocycles. The summed E-state index contributed by atoms with van der Waals surface area (Å²) in [6.07, 6.45) is 3.09. The zero-order valence-corrected chi connectivity index (χ0v) is 20.8. The molecule has 0 saturated heterocycles. The van der Waals surface area contributed by atoms with Crippen molar-refractivity contribution in [2.45, 2.75) is 32.2 Å². The Morgan fingerprint density at radius 2 is 1.88 bits per heavy atom. The topological polar surface area (TPSA) is 75.2 Å². The van der Waals surface area contributed by atoms with Crippen LogP contribution in [0, 0.1) is 0 Å². The van der Waals surface area contributed by atoms with Crippen molar-refractivity contribution in [1.82, 2.24) is 10.2 Å². The Morgan fingerprint density at radius 1 is 1.09 bits per heavy atom. The monoisotopic (exact) mass is 550 g/mol. The van der Waals surface area contributed by atoms with E-state index in [2.05, 4.69) is 33.8 Å². The van der Waals surface area contributed by atoms with Gasteiger partial charge in [0.05, 0.1) is 13.2 Å². The first-order valence-corrected chi connectivity index (χ1v) is 10.9. The van der Waals surface area contributed by atoms with Crippen LogP contribution in [0.2, 0.25) is 0 Å². The van der Waals surface area contributed by atoms with Crippen LogP contribution in [-0.2, 0) is 17.8 Å². The lowest BCUT2D eigenvalue weighted by Gasteiger charge is -2.29. The van der Waals surface area contributed by atoms with Gasteiger partial charge in [-0.25, -0.2) is 0 Å². The van der Waals surface area contributed by atoms with E-state index in [0.717, 1.165) is 49.5 Å². The molecule has 7 nitrogen and oxygen atoms in total. The molecule has 2 N–H and O–H groups in total. The molecule has 2 aliphatic heterocycles. The molecule has 0 atom stereocenters. The van der Waals surface area contributed by atoms with E-state index in [9.17, 15) is 4.79 Å². The summed E-state index contributed by atoms with van der Waals surface area (Å²) in [5.74, 6) is 2.38. The van der Waals surface area contributed by atoms with Gasteiger partial charge in [-0.15, -0.1) is 24.0 Å². The van der Waals surface area contributed by atoms with E-state index in [1.807, 2.05) is 29.2 Å². The van der Waals surface area contributed by atoms with E-state index in [-0.39, 0.29) is 29.9 Å². The molecule has 0 unspecified atom stereocenters. The molecule has 8 heteroatoms. The minimum Gasteiger partial charge on any atom is -0.490 e. The highest BCUT2D eigenvalue weighted by atomic mass is 127. The molecule has 1 amide bonds. The standard InChI is InChI=1S/C24H30N4O3.HI/c1-25-24(27-20-9-10-21-22(16-20)31-15-5-14-30-21)26-12-4-8-23(29)28-13-11-18-6-2-3-7-19(18)17-28;/h2-3,6-7,9-10,16H,4-5,8,11-15,17H2,1H3,(H2,25,26,27);1H. The predicted molar refractivity (Wildman–Crippen MR) is 137 cm³/mol. The van der Waals surface area contributed by atoms with Gasteiger partial charge in [-0.05, 0) is 36.1 Å². The largest absolute Gasteiger partial charge is 0.490 e. The molecule has 0 fully saturated rings. The number of rotatable bonds is 5. The quantitative estimate of drug-likeness (QED) is 0.256. The van der Waals surface area contributed by atoms with Gasteiger partial charge in [0.15, 0.2) is 17.5 Å². The summed E-state index contributed by atoms with van der Waals surface area (Å²) in [7, 11) is 1.73. The number of benzene rings is 2. The molecule has 0 aromatic heterocycles. The molecule has 32 heavy (non-hydrogen) atoms. The predicted octanol–water partition coefficient (Wildman–Crippen LogP) is 3.82. The fourth-order valence-electron chi connectivity index (χ4n) is 3.87. The highest BCUT2D eigenvalue weighted by molar-refractivity contribution is 14.0. The van der Waals surface area contributed by atoms with E-state index in [0.29, 0.717) is 32.1 Å². The number of halogens is 1. The number of amides is 1. The Hall–Kier alpha value is -2.49. The molecule has 2 aromatic carbocycles. The summed E-state index contributed by atoms with van der Waals surface area (Å²) >= 11 is 0. The van der Waals surface area contributed by atoms with Gasteiger partial charge < -0.3 is 25.0 Å². The summed E-state index contributed by atoms with van der Waals surface area (Å²) in [5.41, 5.74) is 3.50. The van der Waals surface area contributed by atoms with Crippen LogP contribution in [0.3, 0.4) is 0 Å². The number of carbonyl (C=O) groups is 1. The first-order valence-electron chi connectivity index (χ1n) is 10.9. The van der Waals surface area contributed by atoms with Gasteiger partial charge in [0.2, 0.25) is 5.91 Å². The molecule has 0 saturated carbocycles. The summed E-state index contributed by atoms with van der Waals surface area (Å²) in [4.78, 5) is 18.8. The Morgan fingerprint density at radius 3 is 2.69 bits per heavy atom. The lowest BCUT2D eigenvalue weighted by molar-refractivity contribution is -0.132. The number of hydrogen-bond acceptors (Lipinski definition) is 4. The normalized spacial score (nSPS) is 15.2. The maximum absolute atomic E-state index is 12.6. The van der Waals surface area contributed by atoms with Crippen molar-refractivity contribution in [3.05, 3.63) is 53.6 Å². The minimum atomic E-state index is 0. The molecule has 0 bridgehead atoms. The van der Waals surface area contributed by atoms with Crippen molar-refractivity contribution in [3.8, 4) is 11.5 Å². The van der Waals surface area contributed by atoms with Crippen LogP contribution in [0.5, 0.6) is 11.5 Å². The van der Waals surface area contributed by atoms with Crippen molar-refractivity contribution in [3.63, 3.8) is 0 Å².